The van der Waals surface area contributed by atoms with Crippen molar-refractivity contribution in [2.45, 2.75) is 76.8 Å². The van der Waals surface area contributed by atoms with Crippen LogP contribution < -0.4 is 16.0 Å². The number of hydrogen-bond acceptors (Lipinski definition) is 7. The normalized spacial score (nSPS) is 18.9. The minimum atomic E-state index is -1.06. The molecule has 0 saturated carbocycles. The molecule has 0 aliphatic carbocycles. The number of nitrogens with zero attached hydrogens (tertiary/aromatic N) is 1. The Kier molecular flexibility index (Phi) is 9.22. The molecule has 0 spiro atoms. The molecule has 3 amide bonds. The van der Waals surface area contributed by atoms with Crippen LogP contribution in [0.5, 0.6) is 0 Å². The van der Waals surface area contributed by atoms with Gasteiger partial charge in [0.25, 0.3) is 0 Å². The summed E-state index contributed by atoms with van der Waals surface area (Å²) >= 11 is 0. The second-order valence-corrected chi connectivity index (χ2v) is 10.6. The number of benzene rings is 1. The lowest BCUT2D eigenvalue weighted by Gasteiger charge is -2.25. The van der Waals surface area contributed by atoms with Crippen molar-refractivity contribution in [1.29, 1.82) is 0 Å². The van der Waals surface area contributed by atoms with Crippen LogP contribution in [0.2, 0.25) is 0 Å². The second kappa shape index (κ2) is 12.2. The van der Waals surface area contributed by atoms with Crippen LogP contribution in [0.4, 0.5) is 4.79 Å². The van der Waals surface area contributed by atoms with Gasteiger partial charge < -0.3 is 25.4 Å². The summed E-state index contributed by atoms with van der Waals surface area (Å²) in [7, 11) is 0. The van der Waals surface area contributed by atoms with Gasteiger partial charge in [0.2, 0.25) is 11.8 Å². The van der Waals surface area contributed by atoms with Gasteiger partial charge in [0, 0.05) is 18.3 Å². The SMILES string of the molecule is C[C@H](NC(=O)OC(C)(C)C)C(=O)N[C@@H](Cc1ccccn1)C(=O)N[C@@H](Cc1ccccc1)C(=O)[C@]1(C)CO1. The van der Waals surface area contributed by atoms with E-state index in [1.807, 2.05) is 30.3 Å². The highest BCUT2D eigenvalue weighted by Crippen LogP contribution is 2.29. The highest BCUT2D eigenvalue weighted by Gasteiger charge is 2.50. The van der Waals surface area contributed by atoms with Gasteiger partial charge in [0.05, 0.1) is 12.6 Å². The van der Waals surface area contributed by atoms with Gasteiger partial charge in [-0.2, -0.15) is 0 Å². The zero-order chi connectivity index (χ0) is 27.9. The standard InChI is InChI=1S/C28H36N4O6/c1-18(30-26(36)38-27(2,3)4)24(34)32-22(16-20-13-9-10-14-29-20)25(35)31-21(23(33)28(5)17-37-28)15-19-11-7-6-8-12-19/h6-14,18,21-22H,15-17H2,1-5H3,(H,30,36)(H,31,35)(H,32,34)/t18-,21-,22-,28-/m0/s1. The Morgan fingerprint density at radius 3 is 2.16 bits per heavy atom. The van der Waals surface area contributed by atoms with Crippen molar-refractivity contribution in [1.82, 2.24) is 20.9 Å². The zero-order valence-corrected chi connectivity index (χ0v) is 22.4. The fourth-order valence-electron chi connectivity index (χ4n) is 3.73. The van der Waals surface area contributed by atoms with Crippen molar-refractivity contribution in [2.24, 2.45) is 0 Å². The number of rotatable bonds is 11. The number of alkyl carbamates (subject to hydrolysis) is 1. The smallest absolute Gasteiger partial charge is 0.408 e. The summed E-state index contributed by atoms with van der Waals surface area (Å²) in [5.74, 6) is -1.38. The highest BCUT2D eigenvalue weighted by atomic mass is 16.6. The first-order valence-electron chi connectivity index (χ1n) is 12.6. The average molecular weight is 525 g/mol. The first kappa shape index (κ1) is 28.8. The molecular formula is C28H36N4O6. The monoisotopic (exact) mass is 524 g/mol. The summed E-state index contributed by atoms with van der Waals surface area (Å²) in [5, 5.41) is 7.99. The van der Waals surface area contributed by atoms with Gasteiger partial charge in [-0.05, 0) is 58.7 Å². The maximum Gasteiger partial charge on any atom is 0.408 e. The van der Waals surface area contributed by atoms with E-state index >= 15 is 0 Å². The number of aromatic nitrogens is 1. The molecule has 0 radical (unpaired) electrons. The predicted molar refractivity (Wildman–Crippen MR) is 140 cm³/mol. The molecule has 1 saturated heterocycles. The lowest BCUT2D eigenvalue weighted by molar-refractivity contribution is -0.133. The molecule has 3 rings (SSSR count). The Morgan fingerprint density at radius 1 is 0.947 bits per heavy atom. The Hall–Kier alpha value is -3.79. The minimum Gasteiger partial charge on any atom is -0.444 e. The van der Waals surface area contributed by atoms with E-state index in [-0.39, 0.29) is 25.2 Å². The molecule has 3 N–H and O–H groups in total. The second-order valence-electron chi connectivity index (χ2n) is 10.6. The molecular weight excluding hydrogens is 488 g/mol. The third-order valence-electron chi connectivity index (χ3n) is 5.91. The quantitative estimate of drug-likeness (QED) is 0.383. The largest absolute Gasteiger partial charge is 0.444 e. The number of pyridine rings is 1. The van der Waals surface area contributed by atoms with E-state index in [9.17, 15) is 19.2 Å². The number of epoxide rings is 1. The lowest BCUT2D eigenvalue weighted by atomic mass is 9.94. The van der Waals surface area contributed by atoms with E-state index in [2.05, 4.69) is 20.9 Å². The number of Topliss-reactive ketones (excluding diaryl/α,β-unsaturated/α-hetero) is 1. The molecule has 1 aromatic heterocycles. The van der Waals surface area contributed by atoms with Crippen molar-refractivity contribution in [3.8, 4) is 0 Å². The fourth-order valence-corrected chi connectivity index (χ4v) is 3.73. The summed E-state index contributed by atoms with van der Waals surface area (Å²) in [5.41, 5.74) is -0.234. The average Bonchev–Trinajstić information content (AvgIpc) is 3.61. The van der Waals surface area contributed by atoms with Crippen LogP contribution >= 0.6 is 0 Å². The molecule has 0 unspecified atom stereocenters. The first-order chi connectivity index (χ1) is 17.9. The summed E-state index contributed by atoms with van der Waals surface area (Å²) in [6.45, 7) is 8.61. The van der Waals surface area contributed by atoms with E-state index in [0.29, 0.717) is 5.69 Å². The molecule has 1 aliphatic rings. The molecule has 2 heterocycles. The summed E-state index contributed by atoms with van der Waals surface area (Å²) in [4.78, 5) is 56.1. The van der Waals surface area contributed by atoms with Gasteiger partial charge in [-0.15, -0.1) is 0 Å². The molecule has 1 aromatic carbocycles. The maximum atomic E-state index is 13.5. The number of amides is 3. The van der Waals surface area contributed by atoms with Gasteiger partial charge in [0.1, 0.15) is 23.3 Å². The molecule has 1 aliphatic heterocycles. The lowest BCUT2D eigenvalue weighted by Crippen LogP contribution is -2.57. The van der Waals surface area contributed by atoms with Crippen LogP contribution in [0.1, 0.15) is 45.9 Å². The minimum absolute atomic E-state index is 0.0809. The van der Waals surface area contributed by atoms with Crippen molar-refractivity contribution >= 4 is 23.7 Å². The van der Waals surface area contributed by atoms with Crippen LogP contribution in [0.3, 0.4) is 0 Å². The van der Waals surface area contributed by atoms with Crippen molar-refractivity contribution in [3.05, 3.63) is 66.0 Å². The van der Waals surface area contributed by atoms with Gasteiger partial charge in [0.15, 0.2) is 5.78 Å². The van der Waals surface area contributed by atoms with Crippen LogP contribution in [-0.4, -0.2) is 64.6 Å². The van der Waals surface area contributed by atoms with Gasteiger partial charge in [-0.25, -0.2) is 4.79 Å². The third kappa shape index (κ3) is 8.65. The number of ketones is 1. The zero-order valence-electron chi connectivity index (χ0n) is 22.4. The summed E-state index contributed by atoms with van der Waals surface area (Å²) < 4.78 is 10.6. The summed E-state index contributed by atoms with van der Waals surface area (Å²) in [6, 6.07) is 11.7. The van der Waals surface area contributed by atoms with Crippen molar-refractivity contribution in [3.63, 3.8) is 0 Å². The Bertz CT molecular complexity index is 1130. The van der Waals surface area contributed by atoms with Crippen LogP contribution in [0.15, 0.2) is 54.7 Å². The summed E-state index contributed by atoms with van der Waals surface area (Å²) in [6.07, 6.45) is 1.19. The van der Waals surface area contributed by atoms with E-state index in [0.717, 1.165) is 5.56 Å². The number of hydrogen-bond donors (Lipinski definition) is 3. The van der Waals surface area contributed by atoms with Crippen LogP contribution in [0.25, 0.3) is 0 Å². The highest BCUT2D eigenvalue weighted by molar-refractivity contribution is 5.98. The van der Waals surface area contributed by atoms with Crippen molar-refractivity contribution < 1.29 is 28.7 Å². The maximum absolute atomic E-state index is 13.5. The molecule has 10 heteroatoms. The molecule has 0 bridgehead atoms. The first-order valence-corrected chi connectivity index (χ1v) is 12.6. The third-order valence-corrected chi connectivity index (χ3v) is 5.91. The van der Waals surface area contributed by atoms with Gasteiger partial charge >= 0.3 is 6.09 Å². The van der Waals surface area contributed by atoms with E-state index < -0.39 is 47.2 Å². The Balaban J connectivity index is 1.76. The number of carbonyl (C=O) groups excluding carboxylic acids is 4. The number of nitrogens with one attached hydrogen (secondary N) is 3. The molecule has 4 atom stereocenters. The number of ether oxygens (including phenoxy) is 2. The van der Waals surface area contributed by atoms with E-state index in [1.54, 1.807) is 52.1 Å². The molecule has 38 heavy (non-hydrogen) atoms. The molecule has 1 fully saturated rings. The Labute approximate surface area is 222 Å². The molecule has 10 nitrogen and oxygen atoms in total. The van der Waals surface area contributed by atoms with Crippen molar-refractivity contribution in [2.75, 3.05) is 6.61 Å². The number of carbonyl (C=O) groups is 4. The topological polar surface area (TPSA) is 139 Å². The van der Waals surface area contributed by atoms with Crippen LogP contribution in [0, 0.1) is 0 Å². The Morgan fingerprint density at radius 2 is 1.58 bits per heavy atom. The molecule has 204 valence electrons. The fraction of sp³-hybridized carbons (Fsp3) is 0.464. The van der Waals surface area contributed by atoms with Gasteiger partial charge in [-0.1, -0.05) is 36.4 Å². The van der Waals surface area contributed by atoms with E-state index in [4.69, 9.17) is 9.47 Å². The predicted octanol–water partition coefficient (Wildman–Crippen LogP) is 2.11. The van der Waals surface area contributed by atoms with Crippen LogP contribution in [-0.2, 0) is 36.7 Å². The van der Waals surface area contributed by atoms with Gasteiger partial charge in [-0.3, -0.25) is 19.4 Å². The molecule has 2 aromatic rings. The van der Waals surface area contributed by atoms with E-state index in [1.165, 1.54) is 6.92 Å².